The molecule has 0 bridgehead atoms. The molecule has 0 saturated carbocycles. The molecule has 0 unspecified atom stereocenters. The maximum absolute atomic E-state index is 2.57. The maximum atomic E-state index is 2.57. The lowest BCUT2D eigenvalue weighted by Crippen LogP contribution is -2.17. The summed E-state index contributed by atoms with van der Waals surface area (Å²) in [5, 5.41) is 0. The van der Waals surface area contributed by atoms with Gasteiger partial charge in [0.1, 0.15) is 0 Å². The minimum atomic E-state index is 1.14. The van der Waals surface area contributed by atoms with Crippen LogP contribution in [0, 0.1) is 0 Å². The number of aryl methyl sites for hydroxylation is 1. The van der Waals surface area contributed by atoms with Crippen molar-refractivity contribution >= 4 is 0 Å². The van der Waals surface area contributed by atoms with Gasteiger partial charge in [0.25, 0.3) is 0 Å². The van der Waals surface area contributed by atoms with E-state index < -0.39 is 0 Å². The average molecular weight is 251 g/mol. The Morgan fingerprint density at radius 3 is 2.05 bits per heavy atom. The predicted molar refractivity (Wildman–Crippen MR) is 79.9 cm³/mol. The molecule has 0 atom stereocenters. The molecule has 1 nitrogen and oxygen atoms in total. The number of hydrogen-bond donors (Lipinski definition) is 0. The zero-order chi connectivity index (χ0) is 12.9. The first-order chi connectivity index (χ1) is 9.42. The van der Waals surface area contributed by atoms with Gasteiger partial charge in [-0.05, 0) is 42.5 Å². The van der Waals surface area contributed by atoms with Gasteiger partial charge in [0.15, 0.2) is 0 Å². The van der Waals surface area contributed by atoms with E-state index in [-0.39, 0.29) is 0 Å². The molecule has 1 heteroatoms. The number of rotatable bonds is 5. The number of unbranched alkanes of at least 4 members (excludes halogenated alkanes) is 1. The molecule has 0 aliphatic carbocycles. The van der Waals surface area contributed by atoms with E-state index >= 15 is 0 Å². The highest BCUT2D eigenvalue weighted by atomic mass is 15.1. The molecule has 0 amide bonds. The van der Waals surface area contributed by atoms with Crippen molar-refractivity contribution in [3.8, 4) is 0 Å². The van der Waals surface area contributed by atoms with Crippen LogP contribution in [0.5, 0.6) is 0 Å². The standard InChI is InChI=1S/C18H21N/c1-2-8-16(9-3-1)10-6-7-13-19-14-17-11-4-5-12-18(17)15-19/h1-5,8-9,11-12H,6-7,10,13-15H2. The van der Waals surface area contributed by atoms with Crippen molar-refractivity contribution in [3.05, 3.63) is 71.3 Å². The Morgan fingerprint density at radius 1 is 0.737 bits per heavy atom. The largest absolute Gasteiger partial charge is 0.295 e. The van der Waals surface area contributed by atoms with E-state index in [1.165, 1.54) is 42.5 Å². The molecule has 0 N–H and O–H groups in total. The second kappa shape index (κ2) is 6.03. The van der Waals surface area contributed by atoms with E-state index in [4.69, 9.17) is 0 Å². The van der Waals surface area contributed by atoms with Crippen molar-refractivity contribution in [2.45, 2.75) is 32.4 Å². The van der Waals surface area contributed by atoms with E-state index in [1.807, 2.05) is 0 Å². The zero-order valence-electron chi connectivity index (χ0n) is 11.4. The summed E-state index contributed by atoms with van der Waals surface area (Å²) in [6.07, 6.45) is 3.79. The summed E-state index contributed by atoms with van der Waals surface area (Å²) in [6, 6.07) is 19.6. The van der Waals surface area contributed by atoms with E-state index in [2.05, 4.69) is 59.5 Å². The Bertz CT molecular complexity index is 493. The summed E-state index contributed by atoms with van der Waals surface area (Å²) in [5.74, 6) is 0. The monoisotopic (exact) mass is 251 g/mol. The van der Waals surface area contributed by atoms with Crippen LogP contribution >= 0.6 is 0 Å². The smallest absolute Gasteiger partial charge is 0.0240 e. The molecule has 1 aliphatic rings. The van der Waals surface area contributed by atoms with Gasteiger partial charge < -0.3 is 0 Å². The van der Waals surface area contributed by atoms with Crippen LogP contribution in [0.3, 0.4) is 0 Å². The second-order valence-electron chi connectivity index (χ2n) is 5.42. The van der Waals surface area contributed by atoms with Crippen molar-refractivity contribution in [1.29, 1.82) is 0 Å². The van der Waals surface area contributed by atoms with Crippen molar-refractivity contribution in [1.82, 2.24) is 4.90 Å². The minimum Gasteiger partial charge on any atom is -0.295 e. The molecule has 0 saturated heterocycles. The normalized spacial score (nSPS) is 14.5. The molecule has 0 radical (unpaired) electrons. The third-order valence-electron chi connectivity index (χ3n) is 3.94. The fraction of sp³-hybridized carbons (Fsp3) is 0.333. The molecule has 0 fully saturated rings. The van der Waals surface area contributed by atoms with E-state index in [1.54, 1.807) is 0 Å². The van der Waals surface area contributed by atoms with Crippen LogP contribution in [-0.2, 0) is 19.5 Å². The molecular formula is C18H21N. The first-order valence-corrected chi connectivity index (χ1v) is 7.25. The van der Waals surface area contributed by atoms with Gasteiger partial charge in [-0.2, -0.15) is 0 Å². The Balaban J connectivity index is 1.41. The Kier molecular flexibility index (Phi) is 3.95. The maximum Gasteiger partial charge on any atom is 0.0240 e. The number of hydrogen-bond acceptors (Lipinski definition) is 1. The van der Waals surface area contributed by atoms with E-state index in [0.29, 0.717) is 0 Å². The molecule has 2 aromatic carbocycles. The third-order valence-corrected chi connectivity index (χ3v) is 3.94. The number of fused-ring (bicyclic) bond motifs is 1. The van der Waals surface area contributed by atoms with Crippen LogP contribution in [0.4, 0.5) is 0 Å². The lowest BCUT2D eigenvalue weighted by Gasteiger charge is -2.14. The van der Waals surface area contributed by atoms with Crippen molar-refractivity contribution in [2.75, 3.05) is 6.54 Å². The van der Waals surface area contributed by atoms with Gasteiger partial charge in [-0.25, -0.2) is 0 Å². The molecule has 98 valence electrons. The topological polar surface area (TPSA) is 3.24 Å². The van der Waals surface area contributed by atoms with E-state index in [0.717, 1.165) is 13.1 Å². The van der Waals surface area contributed by atoms with Crippen molar-refractivity contribution < 1.29 is 0 Å². The van der Waals surface area contributed by atoms with Crippen molar-refractivity contribution in [2.24, 2.45) is 0 Å². The SMILES string of the molecule is c1ccc(CCCCN2Cc3ccccc3C2)cc1. The minimum absolute atomic E-state index is 1.14. The summed E-state index contributed by atoms with van der Waals surface area (Å²) < 4.78 is 0. The van der Waals surface area contributed by atoms with Gasteiger partial charge in [-0.15, -0.1) is 0 Å². The summed E-state index contributed by atoms with van der Waals surface area (Å²) in [4.78, 5) is 2.57. The highest BCUT2D eigenvalue weighted by Crippen LogP contribution is 2.22. The fourth-order valence-corrected chi connectivity index (χ4v) is 2.87. The third kappa shape index (κ3) is 3.24. The highest BCUT2D eigenvalue weighted by molar-refractivity contribution is 5.30. The van der Waals surface area contributed by atoms with Gasteiger partial charge in [-0.3, -0.25) is 4.90 Å². The lowest BCUT2D eigenvalue weighted by molar-refractivity contribution is 0.278. The van der Waals surface area contributed by atoms with Crippen LogP contribution in [0.25, 0.3) is 0 Å². The summed E-state index contributed by atoms with van der Waals surface area (Å²) in [6.45, 7) is 3.50. The van der Waals surface area contributed by atoms with Gasteiger partial charge in [0.2, 0.25) is 0 Å². The number of nitrogens with zero attached hydrogens (tertiary/aromatic N) is 1. The first-order valence-electron chi connectivity index (χ1n) is 7.25. The first kappa shape index (κ1) is 12.4. The summed E-state index contributed by atoms with van der Waals surface area (Å²) in [5.41, 5.74) is 4.50. The van der Waals surface area contributed by atoms with Crippen LogP contribution < -0.4 is 0 Å². The Morgan fingerprint density at radius 2 is 1.37 bits per heavy atom. The van der Waals surface area contributed by atoms with Gasteiger partial charge in [-0.1, -0.05) is 54.6 Å². The molecule has 3 rings (SSSR count). The summed E-state index contributed by atoms with van der Waals surface area (Å²) >= 11 is 0. The van der Waals surface area contributed by atoms with Crippen molar-refractivity contribution in [3.63, 3.8) is 0 Å². The molecule has 0 spiro atoms. The predicted octanol–water partition coefficient (Wildman–Crippen LogP) is 4.03. The molecule has 1 aliphatic heterocycles. The van der Waals surface area contributed by atoms with Crippen LogP contribution in [0.15, 0.2) is 54.6 Å². The van der Waals surface area contributed by atoms with Crippen LogP contribution in [-0.4, -0.2) is 11.4 Å². The van der Waals surface area contributed by atoms with E-state index in [9.17, 15) is 0 Å². The highest BCUT2D eigenvalue weighted by Gasteiger charge is 2.16. The molecule has 2 aromatic rings. The fourth-order valence-electron chi connectivity index (χ4n) is 2.87. The quantitative estimate of drug-likeness (QED) is 0.725. The van der Waals surface area contributed by atoms with Gasteiger partial charge in [0, 0.05) is 13.1 Å². The zero-order valence-corrected chi connectivity index (χ0v) is 11.4. The molecular weight excluding hydrogens is 230 g/mol. The van der Waals surface area contributed by atoms with Gasteiger partial charge >= 0.3 is 0 Å². The molecule has 19 heavy (non-hydrogen) atoms. The van der Waals surface area contributed by atoms with Crippen LogP contribution in [0.1, 0.15) is 29.5 Å². The Hall–Kier alpha value is -1.60. The average Bonchev–Trinajstić information content (AvgIpc) is 2.87. The molecule has 0 aromatic heterocycles. The Labute approximate surface area is 115 Å². The van der Waals surface area contributed by atoms with Gasteiger partial charge in [0.05, 0.1) is 0 Å². The second-order valence-corrected chi connectivity index (χ2v) is 5.42. The lowest BCUT2D eigenvalue weighted by atomic mass is 10.1. The summed E-state index contributed by atoms with van der Waals surface area (Å²) in [7, 11) is 0. The number of benzene rings is 2. The van der Waals surface area contributed by atoms with Crippen LogP contribution in [0.2, 0.25) is 0 Å². The molecule has 1 heterocycles.